The maximum absolute atomic E-state index is 6.09. The van der Waals surface area contributed by atoms with Gasteiger partial charge < -0.3 is 15.5 Å². The van der Waals surface area contributed by atoms with E-state index in [-0.39, 0.29) is 11.3 Å². The molecule has 1 unspecified atom stereocenters. The second-order valence-corrected chi connectivity index (χ2v) is 6.76. The number of nitrogens with two attached hydrogens (primary N) is 1. The van der Waals surface area contributed by atoms with Crippen molar-refractivity contribution in [3.63, 3.8) is 0 Å². The number of hydrogen-bond acceptors (Lipinski definition) is 7. The van der Waals surface area contributed by atoms with Gasteiger partial charge in [-0.05, 0) is 36.9 Å². The highest BCUT2D eigenvalue weighted by atomic mass is 35.5. The van der Waals surface area contributed by atoms with E-state index in [1.807, 2.05) is 0 Å². The van der Waals surface area contributed by atoms with Gasteiger partial charge in [0.25, 0.3) is 0 Å². The van der Waals surface area contributed by atoms with E-state index >= 15 is 0 Å². The molecule has 8 heteroatoms. The van der Waals surface area contributed by atoms with Crippen LogP contribution in [0.2, 0.25) is 5.28 Å². The van der Waals surface area contributed by atoms with Gasteiger partial charge in [-0.3, -0.25) is 0 Å². The quantitative estimate of drug-likeness (QED) is 0.660. The van der Waals surface area contributed by atoms with Crippen molar-refractivity contribution < 1.29 is 4.42 Å². The number of aryl methyl sites for hydroxylation is 1. The Kier molecular flexibility index (Phi) is 4.79. The van der Waals surface area contributed by atoms with Crippen LogP contribution in [0.15, 0.2) is 16.9 Å². The molecule has 3 heterocycles. The van der Waals surface area contributed by atoms with Gasteiger partial charge in [-0.2, -0.15) is 4.98 Å². The van der Waals surface area contributed by atoms with Crippen LogP contribution in [0.4, 0.5) is 5.82 Å². The number of rotatable bonds is 6. The third-order valence-corrected chi connectivity index (χ3v) is 5.18. The molecule has 0 amide bonds. The van der Waals surface area contributed by atoms with Crippen molar-refractivity contribution in [2.45, 2.75) is 39.3 Å². The standard InChI is InChI=1S/C15H18ClN5OS/c1-3-9(17)6-10-8(2)12-13(23-10)14(21-15(16)20-12)19-7-11-18-4-5-22-11/h4-5,9H,3,6-7,17H2,1-2H3,(H,19,20,21). The first-order valence-electron chi connectivity index (χ1n) is 7.41. The van der Waals surface area contributed by atoms with Crippen molar-refractivity contribution in [3.05, 3.63) is 34.1 Å². The third kappa shape index (κ3) is 3.46. The van der Waals surface area contributed by atoms with E-state index in [9.17, 15) is 0 Å². The highest BCUT2D eigenvalue weighted by Gasteiger charge is 2.17. The molecule has 0 aliphatic carbocycles. The molecular formula is C15H18ClN5OS. The molecule has 6 nitrogen and oxygen atoms in total. The molecule has 0 aromatic carbocycles. The lowest BCUT2D eigenvalue weighted by Gasteiger charge is -2.06. The van der Waals surface area contributed by atoms with E-state index in [4.69, 9.17) is 21.8 Å². The van der Waals surface area contributed by atoms with Gasteiger partial charge in [0.2, 0.25) is 11.2 Å². The first kappa shape index (κ1) is 16.2. The maximum atomic E-state index is 6.09. The molecule has 0 fully saturated rings. The average Bonchev–Trinajstić information content (AvgIpc) is 3.15. The lowest BCUT2D eigenvalue weighted by Crippen LogP contribution is -2.21. The molecule has 3 aromatic heterocycles. The van der Waals surface area contributed by atoms with Crippen molar-refractivity contribution >= 4 is 39.0 Å². The number of anilines is 1. The Bertz CT molecular complexity index is 802. The highest BCUT2D eigenvalue weighted by Crippen LogP contribution is 2.35. The Hall–Kier alpha value is -1.70. The van der Waals surface area contributed by atoms with Gasteiger partial charge in [0.1, 0.15) is 12.1 Å². The summed E-state index contributed by atoms with van der Waals surface area (Å²) in [6.07, 6.45) is 4.92. The zero-order valence-corrected chi connectivity index (χ0v) is 14.5. The lowest BCUT2D eigenvalue weighted by molar-refractivity contribution is 0.503. The summed E-state index contributed by atoms with van der Waals surface area (Å²) in [4.78, 5) is 14.0. The number of thiophene rings is 1. The topological polar surface area (TPSA) is 89.9 Å². The number of oxazole rings is 1. The van der Waals surface area contributed by atoms with Crippen LogP contribution >= 0.6 is 22.9 Å². The summed E-state index contributed by atoms with van der Waals surface area (Å²) in [5.41, 5.74) is 8.10. The molecular weight excluding hydrogens is 334 g/mol. The summed E-state index contributed by atoms with van der Waals surface area (Å²) in [6.45, 7) is 4.58. The van der Waals surface area contributed by atoms with Crippen LogP contribution < -0.4 is 11.1 Å². The van der Waals surface area contributed by atoms with Gasteiger partial charge in [-0.1, -0.05) is 6.92 Å². The van der Waals surface area contributed by atoms with Crippen molar-refractivity contribution in [2.75, 3.05) is 5.32 Å². The fourth-order valence-corrected chi connectivity index (χ4v) is 3.77. The minimum Gasteiger partial charge on any atom is -0.447 e. The van der Waals surface area contributed by atoms with Crippen molar-refractivity contribution in [1.29, 1.82) is 0 Å². The monoisotopic (exact) mass is 351 g/mol. The molecule has 0 saturated heterocycles. The van der Waals surface area contributed by atoms with Crippen LogP contribution in [0.3, 0.4) is 0 Å². The van der Waals surface area contributed by atoms with Gasteiger partial charge in [-0.15, -0.1) is 11.3 Å². The Morgan fingerprint density at radius 3 is 2.96 bits per heavy atom. The molecule has 0 bridgehead atoms. The summed E-state index contributed by atoms with van der Waals surface area (Å²) >= 11 is 7.74. The molecule has 0 radical (unpaired) electrons. The van der Waals surface area contributed by atoms with Gasteiger partial charge in [0.05, 0.1) is 23.0 Å². The minimum atomic E-state index is 0.147. The summed E-state index contributed by atoms with van der Waals surface area (Å²) in [5, 5.41) is 3.45. The highest BCUT2D eigenvalue weighted by molar-refractivity contribution is 7.19. The first-order chi connectivity index (χ1) is 11.1. The molecule has 0 aliphatic rings. The van der Waals surface area contributed by atoms with Crippen LogP contribution in [0.25, 0.3) is 10.2 Å². The molecule has 23 heavy (non-hydrogen) atoms. The summed E-state index contributed by atoms with van der Waals surface area (Å²) in [7, 11) is 0. The summed E-state index contributed by atoms with van der Waals surface area (Å²) < 4.78 is 6.21. The number of nitrogens with one attached hydrogen (secondary N) is 1. The number of aromatic nitrogens is 3. The molecule has 1 atom stereocenters. The van der Waals surface area contributed by atoms with E-state index in [1.165, 1.54) is 4.88 Å². The Labute approximate surface area is 143 Å². The number of fused-ring (bicyclic) bond motifs is 1. The molecule has 0 saturated carbocycles. The smallest absolute Gasteiger partial charge is 0.224 e. The number of nitrogens with zero attached hydrogens (tertiary/aromatic N) is 3. The Morgan fingerprint density at radius 1 is 1.43 bits per heavy atom. The van der Waals surface area contributed by atoms with Crippen molar-refractivity contribution in [2.24, 2.45) is 5.73 Å². The molecule has 122 valence electrons. The van der Waals surface area contributed by atoms with Gasteiger partial charge >= 0.3 is 0 Å². The fraction of sp³-hybridized carbons (Fsp3) is 0.400. The van der Waals surface area contributed by atoms with Gasteiger partial charge in [0.15, 0.2) is 0 Å². The van der Waals surface area contributed by atoms with Gasteiger partial charge in [-0.25, -0.2) is 9.97 Å². The number of hydrogen-bond donors (Lipinski definition) is 2. The number of halogens is 1. The van der Waals surface area contributed by atoms with Crippen LogP contribution in [0.5, 0.6) is 0 Å². The predicted octanol–water partition coefficient (Wildman–Crippen LogP) is 3.53. The second-order valence-electron chi connectivity index (χ2n) is 5.32. The molecule has 0 spiro atoms. The summed E-state index contributed by atoms with van der Waals surface area (Å²) in [5.74, 6) is 1.29. The minimum absolute atomic E-state index is 0.147. The SMILES string of the molecule is CCC(N)Cc1sc2c(NCc3ncco3)nc(Cl)nc2c1C. The normalized spacial score (nSPS) is 12.7. The third-order valence-electron chi connectivity index (χ3n) is 3.70. The van der Waals surface area contributed by atoms with E-state index in [2.05, 4.69) is 34.1 Å². The Balaban J connectivity index is 1.95. The van der Waals surface area contributed by atoms with Gasteiger partial charge in [0, 0.05) is 10.9 Å². The van der Waals surface area contributed by atoms with Crippen LogP contribution in [-0.2, 0) is 13.0 Å². The van der Waals surface area contributed by atoms with E-state index in [1.54, 1.807) is 23.8 Å². The Morgan fingerprint density at radius 2 is 2.26 bits per heavy atom. The molecule has 3 aromatic rings. The van der Waals surface area contributed by atoms with Crippen LogP contribution in [0.1, 0.15) is 29.7 Å². The lowest BCUT2D eigenvalue weighted by atomic mass is 10.1. The predicted molar refractivity (Wildman–Crippen MR) is 93.0 cm³/mol. The van der Waals surface area contributed by atoms with E-state index in [0.717, 1.165) is 28.6 Å². The van der Waals surface area contributed by atoms with Crippen molar-refractivity contribution in [1.82, 2.24) is 15.0 Å². The van der Waals surface area contributed by atoms with Crippen molar-refractivity contribution in [3.8, 4) is 0 Å². The zero-order valence-electron chi connectivity index (χ0n) is 13.0. The zero-order chi connectivity index (χ0) is 16.4. The van der Waals surface area contributed by atoms with E-state index < -0.39 is 0 Å². The largest absolute Gasteiger partial charge is 0.447 e. The molecule has 0 aliphatic heterocycles. The molecule has 3 rings (SSSR count). The molecule has 3 N–H and O–H groups in total. The van der Waals surface area contributed by atoms with E-state index in [0.29, 0.717) is 18.3 Å². The average molecular weight is 352 g/mol. The summed E-state index contributed by atoms with van der Waals surface area (Å²) in [6, 6.07) is 0.147. The van der Waals surface area contributed by atoms with Crippen LogP contribution in [0, 0.1) is 6.92 Å². The van der Waals surface area contributed by atoms with Crippen LogP contribution in [-0.4, -0.2) is 21.0 Å². The first-order valence-corrected chi connectivity index (χ1v) is 8.61. The second kappa shape index (κ2) is 6.82. The maximum Gasteiger partial charge on any atom is 0.224 e. The fourth-order valence-electron chi connectivity index (χ4n) is 2.30.